The Morgan fingerprint density at radius 2 is 1.35 bits per heavy atom. The number of halogens is 2. The third-order valence-corrected chi connectivity index (χ3v) is 3.48. The summed E-state index contributed by atoms with van der Waals surface area (Å²) in [7, 11) is 0. The Hall–Kier alpha value is -1.44. The SMILES string of the molecule is Cl/C=C(/Cl)n1c2ccccc2c2ccccc21. The molecular weight excluding hydrogens is 253 g/mol. The lowest BCUT2D eigenvalue weighted by atomic mass is 10.2. The molecule has 17 heavy (non-hydrogen) atoms. The van der Waals surface area contributed by atoms with Crippen LogP contribution in [0.1, 0.15) is 0 Å². The average Bonchev–Trinajstić information content (AvgIpc) is 2.72. The largest absolute Gasteiger partial charge is 0.299 e. The number of benzene rings is 2. The zero-order valence-electron chi connectivity index (χ0n) is 8.90. The van der Waals surface area contributed by atoms with Gasteiger partial charge in [-0.1, -0.05) is 59.6 Å². The zero-order valence-corrected chi connectivity index (χ0v) is 10.4. The quantitative estimate of drug-likeness (QED) is 0.579. The second-order valence-corrected chi connectivity index (χ2v) is 4.41. The molecule has 0 radical (unpaired) electrons. The number of para-hydroxylation sites is 2. The minimum absolute atomic E-state index is 0.504. The van der Waals surface area contributed by atoms with Gasteiger partial charge in [0.1, 0.15) is 5.16 Å². The van der Waals surface area contributed by atoms with Crippen LogP contribution in [0.15, 0.2) is 54.1 Å². The standard InChI is InChI=1S/C14H9Cl2N/c15-9-14(16)17-12-7-3-1-5-10(12)11-6-2-4-8-13(11)17/h1-9H/b14-9-. The van der Waals surface area contributed by atoms with Gasteiger partial charge in [0.15, 0.2) is 0 Å². The molecule has 0 fully saturated rings. The van der Waals surface area contributed by atoms with Crippen LogP contribution in [0, 0.1) is 0 Å². The van der Waals surface area contributed by atoms with Crippen LogP contribution in [0.2, 0.25) is 0 Å². The molecule has 1 heterocycles. The van der Waals surface area contributed by atoms with Gasteiger partial charge < -0.3 is 0 Å². The molecule has 2 aromatic carbocycles. The molecule has 0 aliphatic rings. The maximum absolute atomic E-state index is 6.18. The molecule has 0 unspecified atom stereocenters. The maximum atomic E-state index is 6.18. The van der Waals surface area contributed by atoms with Crippen LogP contribution >= 0.6 is 23.2 Å². The average molecular weight is 262 g/mol. The zero-order chi connectivity index (χ0) is 11.8. The molecule has 3 rings (SSSR count). The fourth-order valence-corrected chi connectivity index (χ4v) is 2.48. The first kappa shape index (κ1) is 10.7. The van der Waals surface area contributed by atoms with Crippen molar-refractivity contribution in [2.75, 3.05) is 0 Å². The molecule has 0 N–H and O–H groups in total. The number of fused-ring (bicyclic) bond motifs is 3. The highest BCUT2D eigenvalue weighted by atomic mass is 35.5. The normalized spacial score (nSPS) is 12.5. The van der Waals surface area contributed by atoms with Gasteiger partial charge in [-0.25, -0.2) is 0 Å². The van der Waals surface area contributed by atoms with Crippen molar-refractivity contribution in [1.29, 1.82) is 0 Å². The summed E-state index contributed by atoms with van der Waals surface area (Å²) in [4.78, 5) is 0. The van der Waals surface area contributed by atoms with Crippen LogP contribution in [0.3, 0.4) is 0 Å². The van der Waals surface area contributed by atoms with Crippen LogP contribution in [0.4, 0.5) is 0 Å². The number of rotatable bonds is 1. The summed E-state index contributed by atoms with van der Waals surface area (Å²) in [5.74, 6) is 0. The Bertz CT molecular complexity index is 672. The Labute approximate surface area is 109 Å². The molecule has 1 nitrogen and oxygen atoms in total. The molecule has 0 saturated carbocycles. The van der Waals surface area contributed by atoms with Gasteiger partial charge in [0.2, 0.25) is 0 Å². The molecule has 0 amide bonds. The highest BCUT2D eigenvalue weighted by molar-refractivity contribution is 6.50. The van der Waals surface area contributed by atoms with Crippen molar-refractivity contribution in [3.63, 3.8) is 0 Å². The van der Waals surface area contributed by atoms with Gasteiger partial charge in [0.05, 0.1) is 11.0 Å². The van der Waals surface area contributed by atoms with Gasteiger partial charge in [-0.2, -0.15) is 0 Å². The van der Waals surface area contributed by atoms with Crippen LogP contribution < -0.4 is 0 Å². The van der Waals surface area contributed by atoms with Crippen molar-refractivity contribution in [3.05, 3.63) is 54.1 Å². The molecule has 0 bridgehead atoms. The van der Waals surface area contributed by atoms with Gasteiger partial charge in [-0.15, -0.1) is 0 Å². The molecular formula is C14H9Cl2N. The number of hydrogen-bond acceptors (Lipinski definition) is 0. The van der Waals surface area contributed by atoms with E-state index in [1.807, 2.05) is 41.0 Å². The summed E-state index contributed by atoms with van der Waals surface area (Å²) in [6.07, 6.45) is 0. The molecule has 3 aromatic rings. The van der Waals surface area contributed by atoms with E-state index in [2.05, 4.69) is 12.1 Å². The second-order valence-electron chi connectivity index (χ2n) is 3.80. The third kappa shape index (κ3) is 1.54. The van der Waals surface area contributed by atoms with Gasteiger partial charge in [-0.3, -0.25) is 4.57 Å². The Balaban J connectivity index is 2.59. The lowest BCUT2D eigenvalue weighted by Gasteiger charge is -2.03. The topological polar surface area (TPSA) is 4.93 Å². The first-order valence-corrected chi connectivity index (χ1v) is 6.09. The van der Waals surface area contributed by atoms with Crippen LogP contribution in [-0.2, 0) is 0 Å². The monoisotopic (exact) mass is 261 g/mol. The van der Waals surface area contributed by atoms with Crippen molar-refractivity contribution in [2.24, 2.45) is 0 Å². The minimum atomic E-state index is 0.504. The maximum Gasteiger partial charge on any atom is 0.125 e. The summed E-state index contributed by atoms with van der Waals surface area (Å²) < 4.78 is 1.96. The van der Waals surface area contributed by atoms with E-state index in [1.54, 1.807) is 0 Å². The van der Waals surface area contributed by atoms with Gasteiger partial charge in [-0.05, 0) is 12.1 Å². The van der Waals surface area contributed by atoms with Gasteiger partial charge in [0, 0.05) is 16.3 Å². The van der Waals surface area contributed by atoms with E-state index >= 15 is 0 Å². The van der Waals surface area contributed by atoms with E-state index in [4.69, 9.17) is 23.2 Å². The fourth-order valence-electron chi connectivity index (χ4n) is 2.20. The molecule has 0 saturated heterocycles. The molecule has 1 aromatic heterocycles. The first-order valence-electron chi connectivity index (χ1n) is 5.27. The van der Waals surface area contributed by atoms with Crippen molar-refractivity contribution in [3.8, 4) is 0 Å². The molecule has 0 aliphatic heterocycles. The molecule has 84 valence electrons. The van der Waals surface area contributed by atoms with Crippen LogP contribution in [0.5, 0.6) is 0 Å². The Morgan fingerprint density at radius 3 is 1.82 bits per heavy atom. The summed E-state index contributed by atoms with van der Waals surface area (Å²) in [6.45, 7) is 0. The lowest BCUT2D eigenvalue weighted by molar-refractivity contribution is 1.27. The molecule has 0 atom stereocenters. The Kier molecular flexibility index (Phi) is 2.58. The number of nitrogens with zero attached hydrogens (tertiary/aromatic N) is 1. The van der Waals surface area contributed by atoms with E-state index in [-0.39, 0.29) is 0 Å². The third-order valence-electron chi connectivity index (χ3n) is 2.88. The van der Waals surface area contributed by atoms with Crippen LogP contribution in [0.25, 0.3) is 27.0 Å². The highest BCUT2D eigenvalue weighted by Gasteiger charge is 2.10. The lowest BCUT2D eigenvalue weighted by Crippen LogP contribution is -1.89. The van der Waals surface area contributed by atoms with Crippen LogP contribution in [-0.4, -0.2) is 4.57 Å². The summed E-state index contributed by atoms with van der Waals surface area (Å²) in [5.41, 5.74) is 3.52. The fraction of sp³-hybridized carbons (Fsp3) is 0. The summed E-state index contributed by atoms with van der Waals surface area (Å²) in [6, 6.07) is 16.3. The summed E-state index contributed by atoms with van der Waals surface area (Å²) in [5, 5.41) is 2.86. The molecule has 3 heteroatoms. The van der Waals surface area contributed by atoms with Crippen molar-refractivity contribution >= 4 is 50.2 Å². The summed E-state index contributed by atoms with van der Waals surface area (Å²) >= 11 is 11.9. The van der Waals surface area contributed by atoms with Gasteiger partial charge >= 0.3 is 0 Å². The van der Waals surface area contributed by atoms with E-state index < -0.39 is 0 Å². The number of aromatic nitrogens is 1. The molecule has 0 aliphatic carbocycles. The van der Waals surface area contributed by atoms with Crippen molar-refractivity contribution in [1.82, 2.24) is 4.57 Å². The first-order chi connectivity index (χ1) is 8.33. The van der Waals surface area contributed by atoms with Gasteiger partial charge in [0.25, 0.3) is 0 Å². The molecule has 0 spiro atoms. The smallest absolute Gasteiger partial charge is 0.125 e. The second kappa shape index (κ2) is 4.10. The predicted molar refractivity (Wildman–Crippen MR) is 75.4 cm³/mol. The predicted octanol–water partition coefficient (Wildman–Crippen LogP) is 5.03. The van der Waals surface area contributed by atoms with E-state index in [9.17, 15) is 0 Å². The Morgan fingerprint density at radius 1 is 0.882 bits per heavy atom. The van der Waals surface area contributed by atoms with Crippen molar-refractivity contribution in [2.45, 2.75) is 0 Å². The van der Waals surface area contributed by atoms with E-state index in [1.165, 1.54) is 16.3 Å². The van der Waals surface area contributed by atoms with E-state index in [0.29, 0.717) is 5.16 Å². The van der Waals surface area contributed by atoms with Crippen molar-refractivity contribution < 1.29 is 0 Å². The van der Waals surface area contributed by atoms with E-state index in [0.717, 1.165) is 11.0 Å². The minimum Gasteiger partial charge on any atom is -0.299 e. The highest BCUT2D eigenvalue weighted by Crippen LogP contribution is 2.32. The number of hydrogen-bond donors (Lipinski definition) is 0.